The zero-order valence-electron chi connectivity index (χ0n) is 39.5. The summed E-state index contributed by atoms with van der Waals surface area (Å²) in [7, 11) is -20.4. The Hall–Kier alpha value is -3.91. The van der Waals surface area contributed by atoms with Gasteiger partial charge in [0.2, 0.25) is 11.9 Å². The fraction of sp³-hybridized carbons (Fsp3) is 0. The van der Waals surface area contributed by atoms with Crippen molar-refractivity contribution in [2.24, 2.45) is 25.4 Å². The number of aromatic nitrogens is 3. The van der Waals surface area contributed by atoms with E-state index in [0.717, 1.165) is 12.1 Å². The molecule has 0 atom stereocenters. The van der Waals surface area contributed by atoms with Gasteiger partial charge in [0, 0.05) is 21.4 Å². The van der Waals surface area contributed by atoms with Gasteiger partial charge in [-0.2, -0.15) is 53.9 Å². The van der Waals surface area contributed by atoms with Crippen molar-refractivity contribution in [3.63, 3.8) is 0 Å². The summed E-state index contributed by atoms with van der Waals surface area (Å²) in [5.74, 6) is -4.66. The number of nitrogens with zero attached hydrogens (tertiary/aromatic N) is 7. The molecular weight excluding hydrogens is 1180 g/mol. The Balaban J connectivity index is 0.00000320. The Kier molecular flexibility index (Phi) is 21.9. The number of anilines is 4. The van der Waals surface area contributed by atoms with Gasteiger partial charge in [-0.3, -0.25) is 23.2 Å². The van der Waals surface area contributed by atoms with E-state index in [0.29, 0.717) is 30.0 Å². The van der Waals surface area contributed by atoms with Gasteiger partial charge in [-0.25, -0.2) is 4.99 Å². The quantitative estimate of drug-likeness (QED) is 0.0321. The summed E-state index contributed by atoms with van der Waals surface area (Å²) < 4.78 is 136. The van der Waals surface area contributed by atoms with Gasteiger partial charge in [0.15, 0.2) is 0 Å². The summed E-state index contributed by atoms with van der Waals surface area (Å²) in [5.41, 5.74) is -3.12. The second-order valence-corrected chi connectivity index (χ2v) is 21.3. The van der Waals surface area contributed by atoms with Crippen LogP contribution in [0.15, 0.2) is 148 Å². The predicted octanol–water partition coefficient (Wildman–Crippen LogP) is -5.73. The van der Waals surface area contributed by atoms with Gasteiger partial charge in [-0.1, -0.05) is 76.5 Å². The molecule has 8 aromatic rings. The third-order valence-electron chi connectivity index (χ3n) is 9.90. The Bertz CT molecular complexity index is 4020. The van der Waals surface area contributed by atoms with Crippen LogP contribution in [0.5, 0.6) is 23.0 Å². The maximum atomic E-state index is 13.7. The molecule has 7 aromatic carbocycles. The van der Waals surface area contributed by atoms with Crippen molar-refractivity contribution in [3.05, 3.63) is 119 Å². The van der Waals surface area contributed by atoms with Crippen molar-refractivity contribution < 1.29 is 191 Å². The summed E-state index contributed by atoms with van der Waals surface area (Å²) in [6.07, 6.45) is 0. The number of para-hydroxylation sites is 1. The molecule has 1 aromatic heterocycles. The first kappa shape index (κ1) is 65.6. The zero-order chi connectivity index (χ0) is 52.9. The fourth-order valence-corrected chi connectivity index (χ4v) is 9.55. The number of benzene rings is 7. The molecule has 36 heteroatoms. The monoisotopic (exact) mass is 1200 g/mol. The SMILES string of the molecule is O=S(=O)(O)c1cc(Cl)c([O-])c(N=Nc2c(S(=O)(=O)O)cc3cc(Nc4nc(=Nc5ccccc5)nc(Nc5ccc6c([O-])c(N=Nc7cc(S(=O)(=O)O)cc(Cl)c7[O-])c(S(=O)(=O)O)cc6c5)[nH]4)ccc3c2[O-])c1.[Na+].[Na+].[Na+].[Na+]. The first-order chi connectivity index (χ1) is 34.1. The van der Waals surface area contributed by atoms with Crippen molar-refractivity contribution in [1.82, 2.24) is 15.0 Å². The van der Waals surface area contributed by atoms with E-state index in [1.165, 1.54) is 36.4 Å². The van der Waals surface area contributed by atoms with Gasteiger partial charge in [0.05, 0.1) is 38.2 Å². The van der Waals surface area contributed by atoms with Crippen molar-refractivity contribution >= 4 is 137 Å². The van der Waals surface area contributed by atoms with Gasteiger partial charge < -0.3 is 31.1 Å². The Morgan fingerprint density at radius 2 is 0.870 bits per heavy atom. The van der Waals surface area contributed by atoms with Crippen LogP contribution in [0.3, 0.4) is 0 Å². The molecule has 0 amide bonds. The Morgan fingerprint density at radius 3 is 1.23 bits per heavy atom. The number of fused-ring (bicyclic) bond motifs is 2. The summed E-state index contributed by atoms with van der Waals surface area (Å²) in [6.45, 7) is 0. The molecule has 0 aliphatic rings. The molecule has 1 heterocycles. The number of aromatic amines is 1. The molecule has 0 saturated heterocycles. The van der Waals surface area contributed by atoms with Crippen LogP contribution < -0.4 is 155 Å². The minimum atomic E-state index is -5.26. The van der Waals surface area contributed by atoms with Crippen LogP contribution >= 0.6 is 23.2 Å². The van der Waals surface area contributed by atoms with Gasteiger partial charge in [-0.15, -0.1) is 10.2 Å². The fourth-order valence-electron chi connectivity index (χ4n) is 6.63. The average Bonchev–Trinajstić information content (AvgIpc) is 3.29. The van der Waals surface area contributed by atoms with E-state index >= 15 is 0 Å². The van der Waals surface area contributed by atoms with E-state index < -0.39 is 116 Å². The third-order valence-corrected chi connectivity index (χ3v) is 13.9. The minimum absolute atomic E-state index is 0. The maximum Gasteiger partial charge on any atom is 1.00 e. The van der Waals surface area contributed by atoms with E-state index in [4.69, 9.17) is 23.2 Å². The smallest absolute Gasteiger partial charge is 0.871 e. The minimum Gasteiger partial charge on any atom is -0.871 e. The molecule has 0 aliphatic heterocycles. The molecule has 0 bridgehead atoms. The van der Waals surface area contributed by atoms with Crippen LogP contribution in [0.1, 0.15) is 0 Å². The number of hydrogen-bond donors (Lipinski definition) is 7. The molecule has 376 valence electrons. The van der Waals surface area contributed by atoms with Gasteiger partial charge in [0.1, 0.15) is 9.79 Å². The van der Waals surface area contributed by atoms with E-state index in [9.17, 15) is 72.3 Å². The van der Waals surface area contributed by atoms with Crippen LogP contribution in [-0.4, -0.2) is 66.8 Å². The molecule has 0 radical (unpaired) electrons. The molecule has 26 nitrogen and oxygen atoms in total. The molecule has 7 N–H and O–H groups in total. The van der Waals surface area contributed by atoms with Crippen LogP contribution in [0, 0.1) is 0 Å². The van der Waals surface area contributed by atoms with E-state index in [1.54, 1.807) is 30.3 Å². The van der Waals surface area contributed by atoms with Crippen molar-refractivity contribution in [1.29, 1.82) is 0 Å². The number of azo groups is 2. The standard InChI is InChI=1S/C41H28Cl2N10O16S4.4Na/c42-27-14-23(70(58,59)60)16-29(37(27)56)50-52-33-31(72(64,65)66)12-18-10-21(6-8-25(18)35(33)54)45-40-47-39(44-20-4-2-1-3-5-20)48-41(49-40)46-22-7-9-26-19(11-22)13-32(73(67,68)69)34(36(26)55)53-51-30-17-24(71(61,62)63)15-28(43)38(30)57;;;;/h1-17,54-57H,(H,58,59,60)(H,61,62,63)(H,64,65,66)(H,67,68,69)(H3,44,45,46,47,48,49);;;;/q;4*+1/p-4. The second-order valence-electron chi connectivity index (χ2n) is 14.8. The van der Waals surface area contributed by atoms with Gasteiger partial charge in [0.25, 0.3) is 46.1 Å². The van der Waals surface area contributed by atoms with E-state index in [1.807, 2.05) is 0 Å². The number of nitrogens with one attached hydrogen (secondary N) is 3. The first-order valence-corrected chi connectivity index (χ1v) is 26.1. The average molecular weight is 1200 g/mol. The third kappa shape index (κ3) is 15.3. The maximum absolute atomic E-state index is 13.7. The molecule has 0 saturated carbocycles. The molecule has 8 rings (SSSR count). The van der Waals surface area contributed by atoms with Crippen molar-refractivity contribution in [2.45, 2.75) is 19.6 Å². The largest absolute Gasteiger partial charge is 1.00 e. The normalized spacial score (nSPS) is 11.9. The van der Waals surface area contributed by atoms with Crippen molar-refractivity contribution in [3.8, 4) is 23.0 Å². The van der Waals surface area contributed by atoms with Gasteiger partial charge in [-0.05, 0) is 94.3 Å². The Morgan fingerprint density at radius 1 is 0.481 bits per heavy atom. The molecule has 0 aliphatic carbocycles. The topological polar surface area (TPSA) is 437 Å². The van der Waals surface area contributed by atoms with Crippen LogP contribution in [-0.2, 0) is 40.5 Å². The number of hydrogen-bond acceptors (Lipinski definition) is 21. The van der Waals surface area contributed by atoms with E-state index in [-0.39, 0.29) is 169 Å². The second kappa shape index (κ2) is 25.7. The summed E-state index contributed by atoms with van der Waals surface area (Å²) in [6, 6.07) is 20.1. The number of rotatable bonds is 13. The van der Waals surface area contributed by atoms with Crippen molar-refractivity contribution in [2.75, 3.05) is 10.6 Å². The summed E-state index contributed by atoms with van der Waals surface area (Å²) in [4.78, 5) is 12.2. The number of halogens is 2. The summed E-state index contributed by atoms with van der Waals surface area (Å²) in [5, 5.41) is 70.5. The molecular formula is C41H24Cl2N10Na4O16S4. The Labute approximate surface area is 533 Å². The zero-order valence-corrected chi connectivity index (χ0v) is 52.3. The first-order valence-electron chi connectivity index (χ1n) is 19.6. The predicted molar refractivity (Wildman–Crippen MR) is 251 cm³/mol. The molecule has 0 spiro atoms. The van der Waals surface area contributed by atoms with Crippen LogP contribution in [0.25, 0.3) is 21.5 Å². The summed E-state index contributed by atoms with van der Waals surface area (Å²) >= 11 is 11.6. The van der Waals surface area contributed by atoms with Crippen LogP contribution in [0.2, 0.25) is 10.0 Å². The van der Waals surface area contributed by atoms with E-state index in [2.05, 4.69) is 51.0 Å². The van der Waals surface area contributed by atoms with Gasteiger partial charge >= 0.3 is 118 Å². The van der Waals surface area contributed by atoms with Crippen LogP contribution in [0.4, 0.5) is 51.7 Å². The molecule has 0 fully saturated rings. The molecule has 0 unspecified atom stereocenters. The number of H-pyrrole nitrogens is 1. The molecule has 77 heavy (non-hydrogen) atoms.